The van der Waals surface area contributed by atoms with Crippen LogP contribution in [0.5, 0.6) is 5.75 Å². The molecule has 2 aromatic rings. The van der Waals surface area contributed by atoms with Gasteiger partial charge in [0.1, 0.15) is 11.7 Å². The summed E-state index contributed by atoms with van der Waals surface area (Å²) in [5, 5.41) is 3.90. The third-order valence-corrected chi connectivity index (χ3v) is 6.15. The largest absolute Gasteiger partial charge is 0.466 e. The maximum absolute atomic E-state index is 13.1. The van der Waals surface area contributed by atoms with Crippen LogP contribution in [-0.4, -0.2) is 23.4 Å². The molecule has 28 heavy (non-hydrogen) atoms. The summed E-state index contributed by atoms with van der Waals surface area (Å²) in [5.41, 5.74) is 1.80. The van der Waals surface area contributed by atoms with E-state index in [0.717, 1.165) is 27.0 Å². The molecule has 146 valence electrons. The third-order valence-electron chi connectivity index (χ3n) is 5.36. The number of nitrogens with zero attached hydrogens (tertiary/aromatic N) is 1. The van der Waals surface area contributed by atoms with E-state index in [1.165, 1.54) is 0 Å². The molecule has 0 saturated carbocycles. The van der Waals surface area contributed by atoms with Crippen molar-refractivity contribution in [3.05, 3.63) is 58.1 Å². The number of rotatable bonds is 3. The van der Waals surface area contributed by atoms with Gasteiger partial charge in [-0.3, -0.25) is 9.69 Å². The molecule has 2 aromatic carbocycles. The summed E-state index contributed by atoms with van der Waals surface area (Å²) < 4.78 is 12.8. The van der Waals surface area contributed by atoms with Gasteiger partial charge in [0.15, 0.2) is 5.11 Å². The number of nitrogens with one attached hydrogen (secondary N) is 1. The molecule has 1 fully saturated rings. The van der Waals surface area contributed by atoms with Gasteiger partial charge in [-0.2, -0.15) is 0 Å². The number of carbonyl (C=O) groups excluding carboxylic acids is 1. The third kappa shape index (κ3) is 2.88. The highest BCUT2D eigenvalue weighted by Gasteiger charge is 2.60. The van der Waals surface area contributed by atoms with Crippen LogP contribution in [0.15, 0.2) is 46.9 Å². The van der Waals surface area contributed by atoms with Crippen LogP contribution >= 0.6 is 28.1 Å². The van der Waals surface area contributed by atoms with Gasteiger partial charge >= 0.3 is 5.97 Å². The Kier molecular flexibility index (Phi) is 4.83. The molecule has 2 aliphatic heterocycles. The number of fused-ring (bicyclic) bond motifs is 4. The second-order valence-electron chi connectivity index (χ2n) is 7.12. The number of thiocarbonyl (C=S) groups is 1. The summed E-state index contributed by atoms with van der Waals surface area (Å²) in [6.45, 7) is 6.03. The van der Waals surface area contributed by atoms with Crippen LogP contribution in [0.3, 0.4) is 0 Å². The minimum atomic E-state index is -1.02. The zero-order valence-electron chi connectivity index (χ0n) is 15.9. The van der Waals surface area contributed by atoms with E-state index >= 15 is 0 Å². The van der Waals surface area contributed by atoms with Gasteiger partial charge < -0.3 is 14.8 Å². The van der Waals surface area contributed by atoms with E-state index in [0.29, 0.717) is 11.7 Å². The SMILES string of the molecule is CCOC(=O)[C@@H]1[C@H]2NC(=S)N(c3ccccc3C)[C@@]1(C)Oc1ccc(Br)cc12. The Bertz CT molecular complexity index is 966. The van der Waals surface area contributed by atoms with Crippen LogP contribution in [0.1, 0.15) is 31.0 Å². The Hall–Kier alpha value is -2.12. The monoisotopic (exact) mass is 460 g/mol. The Labute approximate surface area is 178 Å². The molecule has 4 rings (SSSR count). The average Bonchev–Trinajstić information content (AvgIpc) is 2.63. The number of halogens is 1. The van der Waals surface area contributed by atoms with Gasteiger partial charge in [-0.05, 0) is 62.8 Å². The molecule has 0 aliphatic carbocycles. The van der Waals surface area contributed by atoms with Gasteiger partial charge in [0, 0.05) is 15.7 Å². The first-order valence-electron chi connectivity index (χ1n) is 9.18. The van der Waals surface area contributed by atoms with Gasteiger partial charge in [0.05, 0.1) is 12.6 Å². The van der Waals surface area contributed by atoms with E-state index in [2.05, 4.69) is 21.2 Å². The topological polar surface area (TPSA) is 50.8 Å². The highest BCUT2D eigenvalue weighted by molar-refractivity contribution is 9.10. The Morgan fingerprint density at radius 3 is 2.82 bits per heavy atom. The lowest BCUT2D eigenvalue weighted by Crippen LogP contribution is -2.72. The quantitative estimate of drug-likeness (QED) is 0.538. The number of esters is 1. The molecule has 0 unspecified atom stereocenters. The lowest BCUT2D eigenvalue weighted by Gasteiger charge is -2.55. The lowest BCUT2D eigenvalue weighted by atomic mass is 9.79. The Morgan fingerprint density at radius 2 is 2.11 bits per heavy atom. The van der Waals surface area contributed by atoms with Crippen molar-refractivity contribution in [1.29, 1.82) is 0 Å². The molecule has 2 aliphatic rings. The first-order valence-corrected chi connectivity index (χ1v) is 10.4. The van der Waals surface area contributed by atoms with Crippen LogP contribution in [0.25, 0.3) is 0 Å². The standard InChI is InChI=1S/C21H21BrN2O3S/c1-4-26-19(25)17-18-14-11-13(22)9-10-16(14)27-21(17,3)24(20(28)23-18)15-8-6-5-7-12(15)2/h5-11,17-18H,4H2,1-3H3,(H,23,28)/t17-,18-,21-/m0/s1. The number of aryl methyl sites for hydroxylation is 1. The van der Waals surface area contributed by atoms with Crippen molar-refractivity contribution in [1.82, 2.24) is 5.32 Å². The summed E-state index contributed by atoms with van der Waals surface area (Å²) >= 11 is 9.24. The normalized spacial score (nSPS) is 25.4. The van der Waals surface area contributed by atoms with E-state index in [-0.39, 0.29) is 12.0 Å². The minimum absolute atomic E-state index is 0.304. The van der Waals surface area contributed by atoms with E-state index < -0.39 is 11.6 Å². The molecule has 1 N–H and O–H groups in total. The number of benzene rings is 2. The zero-order chi connectivity index (χ0) is 20.1. The molecular formula is C21H21BrN2O3S. The highest BCUT2D eigenvalue weighted by atomic mass is 79.9. The number of carbonyl (C=O) groups is 1. The van der Waals surface area contributed by atoms with Crippen molar-refractivity contribution < 1.29 is 14.3 Å². The number of hydrogen-bond donors (Lipinski definition) is 1. The summed E-state index contributed by atoms with van der Waals surface area (Å²) in [6, 6.07) is 13.4. The summed E-state index contributed by atoms with van der Waals surface area (Å²) in [4.78, 5) is 15.0. The predicted octanol–water partition coefficient (Wildman–Crippen LogP) is 4.48. The average molecular weight is 461 g/mol. The maximum Gasteiger partial charge on any atom is 0.317 e. The van der Waals surface area contributed by atoms with Gasteiger partial charge in [-0.25, -0.2) is 0 Å². The molecule has 3 atom stereocenters. The molecule has 0 radical (unpaired) electrons. The molecule has 0 aromatic heterocycles. The Morgan fingerprint density at radius 1 is 1.36 bits per heavy atom. The van der Waals surface area contributed by atoms with Gasteiger partial charge in [0.25, 0.3) is 0 Å². The zero-order valence-corrected chi connectivity index (χ0v) is 18.3. The van der Waals surface area contributed by atoms with E-state index in [1.54, 1.807) is 6.92 Å². The summed E-state index contributed by atoms with van der Waals surface area (Å²) in [6.07, 6.45) is 0. The number of para-hydroxylation sites is 1. The van der Waals surface area contributed by atoms with Crippen molar-refractivity contribution in [3.63, 3.8) is 0 Å². The second-order valence-corrected chi connectivity index (χ2v) is 8.42. The molecule has 0 amide bonds. The van der Waals surface area contributed by atoms with E-state index in [9.17, 15) is 4.79 Å². The number of ether oxygens (including phenoxy) is 2. The van der Waals surface area contributed by atoms with Crippen molar-refractivity contribution in [3.8, 4) is 5.75 Å². The van der Waals surface area contributed by atoms with E-state index in [1.807, 2.05) is 61.2 Å². The van der Waals surface area contributed by atoms with E-state index in [4.69, 9.17) is 21.7 Å². The Balaban J connectivity index is 1.92. The molecule has 2 heterocycles. The smallest absolute Gasteiger partial charge is 0.317 e. The van der Waals surface area contributed by atoms with Crippen LogP contribution in [-0.2, 0) is 9.53 Å². The molecule has 2 bridgehead atoms. The first kappa shape index (κ1) is 19.2. The van der Waals surface area contributed by atoms with Crippen molar-refractivity contribution >= 4 is 44.9 Å². The molecule has 0 spiro atoms. The second kappa shape index (κ2) is 7.04. The first-order chi connectivity index (χ1) is 13.4. The van der Waals surface area contributed by atoms with Gasteiger partial charge in [0.2, 0.25) is 5.72 Å². The summed E-state index contributed by atoms with van der Waals surface area (Å²) in [7, 11) is 0. The van der Waals surface area contributed by atoms with Crippen LogP contribution in [0.4, 0.5) is 5.69 Å². The van der Waals surface area contributed by atoms with Gasteiger partial charge in [-0.1, -0.05) is 34.1 Å². The number of anilines is 1. The fourth-order valence-electron chi connectivity index (χ4n) is 4.12. The van der Waals surface area contributed by atoms with Crippen molar-refractivity contribution in [2.45, 2.75) is 32.5 Å². The van der Waals surface area contributed by atoms with Crippen molar-refractivity contribution in [2.24, 2.45) is 5.92 Å². The maximum atomic E-state index is 13.1. The van der Waals surface area contributed by atoms with Crippen LogP contribution in [0, 0.1) is 12.8 Å². The molecule has 1 saturated heterocycles. The molecule has 5 nitrogen and oxygen atoms in total. The highest BCUT2D eigenvalue weighted by Crippen LogP contribution is 2.50. The fraction of sp³-hybridized carbons (Fsp3) is 0.333. The fourth-order valence-corrected chi connectivity index (χ4v) is 4.91. The van der Waals surface area contributed by atoms with Crippen LogP contribution in [0.2, 0.25) is 0 Å². The predicted molar refractivity (Wildman–Crippen MR) is 115 cm³/mol. The minimum Gasteiger partial charge on any atom is -0.466 e. The molecular weight excluding hydrogens is 440 g/mol. The lowest BCUT2D eigenvalue weighted by molar-refractivity contribution is -0.159. The van der Waals surface area contributed by atoms with Crippen LogP contribution < -0.4 is 15.0 Å². The van der Waals surface area contributed by atoms with Gasteiger partial charge in [-0.15, -0.1) is 0 Å². The summed E-state index contributed by atoms with van der Waals surface area (Å²) in [5.74, 6) is -0.181. The van der Waals surface area contributed by atoms with Crippen molar-refractivity contribution in [2.75, 3.05) is 11.5 Å². The molecule has 7 heteroatoms. The number of hydrogen-bond acceptors (Lipinski definition) is 4.